The van der Waals surface area contributed by atoms with Crippen molar-refractivity contribution < 1.29 is 19.1 Å². The van der Waals surface area contributed by atoms with E-state index in [2.05, 4.69) is 21.2 Å². The van der Waals surface area contributed by atoms with Crippen LogP contribution < -0.4 is 25.5 Å². The van der Waals surface area contributed by atoms with Crippen molar-refractivity contribution in [2.24, 2.45) is 5.10 Å². The van der Waals surface area contributed by atoms with Gasteiger partial charge in [-0.2, -0.15) is 0 Å². The second-order valence-corrected chi connectivity index (χ2v) is 7.00. The number of para-hydroxylation sites is 1. The van der Waals surface area contributed by atoms with Crippen LogP contribution in [0.3, 0.4) is 0 Å². The average molecular weight is 400 g/mol. The van der Waals surface area contributed by atoms with Crippen LogP contribution in [0.25, 0.3) is 0 Å². The largest absolute Gasteiger partial charge is 0.497 e. The number of carbonyl (C=O) groups is 2. The molecule has 2 aromatic carbocycles. The Kier molecular flexibility index (Phi) is 6.38. The Morgan fingerprint density at radius 1 is 1.18 bits per heavy atom. The lowest BCUT2D eigenvalue weighted by molar-refractivity contribution is -0.122. The van der Waals surface area contributed by atoms with Gasteiger partial charge in [-0.3, -0.25) is 15.0 Å². The molecule has 1 atom stereocenters. The van der Waals surface area contributed by atoms with E-state index >= 15 is 0 Å². The molecule has 28 heavy (non-hydrogen) atoms. The van der Waals surface area contributed by atoms with Crippen LogP contribution in [-0.2, 0) is 9.59 Å². The molecule has 146 valence electrons. The van der Waals surface area contributed by atoms with E-state index < -0.39 is 5.25 Å². The van der Waals surface area contributed by atoms with E-state index in [1.165, 1.54) is 18.9 Å². The summed E-state index contributed by atoms with van der Waals surface area (Å²) in [6.45, 7) is 0. The lowest BCUT2D eigenvalue weighted by Gasteiger charge is -2.12. The maximum atomic E-state index is 12.4. The second-order valence-electron chi connectivity index (χ2n) is 5.81. The molecule has 0 aromatic heterocycles. The maximum absolute atomic E-state index is 12.4. The molecule has 0 aliphatic carbocycles. The number of carbonyl (C=O) groups excluding carboxylic acids is 2. The summed E-state index contributed by atoms with van der Waals surface area (Å²) in [5, 5.41) is 9.47. The third-order valence-corrected chi connectivity index (χ3v) is 4.97. The Labute approximate surface area is 166 Å². The van der Waals surface area contributed by atoms with Gasteiger partial charge in [0.05, 0.1) is 25.6 Å². The van der Waals surface area contributed by atoms with Crippen molar-refractivity contribution in [1.29, 1.82) is 0 Å². The fraction of sp³-hybridized carbons (Fsp3) is 0.211. The molecule has 0 bridgehead atoms. The van der Waals surface area contributed by atoms with Crippen molar-refractivity contribution in [1.82, 2.24) is 5.32 Å². The Morgan fingerprint density at radius 2 is 1.96 bits per heavy atom. The van der Waals surface area contributed by atoms with E-state index in [0.29, 0.717) is 22.4 Å². The quantitative estimate of drug-likeness (QED) is 0.618. The number of anilines is 2. The Balaban J connectivity index is 1.58. The van der Waals surface area contributed by atoms with Crippen LogP contribution in [-0.4, -0.2) is 36.5 Å². The number of ether oxygens (including phenoxy) is 2. The predicted molar refractivity (Wildman–Crippen MR) is 110 cm³/mol. The highest BCUT2D eigenvalue weighted by Gasteiger charge is 2.32. The summed E-state index contributed by atoms with van der Waals surface area (Å²) in [4.78, 5) is 24.5. The summed E-state index contributed by atoms with van der Waals surface area (Å²) in [5.74, 6) is 0.543. The fourth-order valence-electron chi connectivity index (χ4n) is 2.49. The summed E-state index contributed by atoms with van der Waals surface area (Å²) < 4.78 is 10.4. The zero-order chi connectivity index (χ0) is 19.9. The summed E-state index contributed by atoms with van der Waals surface area (Å²) in [5.41, 5.74) is 4.18. The number of nitrogens with one attached hydrogen (secondary N) is 3. The van der Waals surface area contributed by atoms with Gasteiger partial charge in [-0.15, -0.1) is 5.10 Å². The molecule has 8 nitrogen and oxygen atoms in total. The van der Waals surface area contributed by atoms with Crippen LogP contribution in [0.5, 0.6) is 11.5 Å². The van der Waals surface area contributed by atoms with E-state index in [0.717, 1.165) is 5.69 Å². The molecule has 0 saturated carbocycles. The van der Waals surface area contributed by atoms with Gasteiger partial charge in [-0.1, -0.05) is 30.0 Å². The monoisotopic (exact) mass is 400 g/mol. The number of benzene rings is 2. The van der Waals surface area contributed by atoms with Crippen molar-refractivity contribution in [2.45, 2.75) is 11.7 Å². The van der Waals surface area contributed by atoms with E-state index in [4.69, 9.17) is 9.47 Å². The van der Waals surface area contributed by atoms with Gasteiger partial charge < -0.3 is 20.1 Å². The highest BCUT2D eigenvalue weighted by atomic mass is 32.2. The van der Waals surface area contributed by atoms with Crippen LogP contribution in [0.15, 0.2) is 53.6 Å². The first-order chi connectivity index (χ1) is 13.6. The highest BCUT2D eigenvalue weighted by molar-refractivity contribution is 8.15. The minimum Gasteiger partial charge on any atom is -0.497 e. The molecule has 2 aromatic rings. The number of nitrogens with zero attached hydrogens (tertiary/aromatic N) is 1. The standard InChI is InChI=1S/C19H20N4O4S/c1-26-13-8-9-14(15(10-13)27-2)20-17(24)11-16-18(25)21-19(28-16)23-22-12-6-4-3-5-7-12/h3-10,16,22H,11H2,1-2H3,(H,20,24)(H,21,23,25)/t16-/m0/s1. The molecule has 2 amide bonds. The molecule has 0 spiro atoms. The Morgan fingerprint density at radius 3 is 2.68 bits per heavy atom. The van der Waals surface area contributed by atoms with E-state index in [-0.39, 0.29) is 18.2 Å². The topological polar surface area (TPSA) is 101 Å². The molecular weight excluding hydrogens is 380 g/mol. The molecule has 1 saturated heterocycles. The molecule has 0 radical (unpaired) electrons. The van der Waals surface area contributed by atoms with Crippen molar-refractivity contribution >= 4 is 40.1 Å². The van der Waals surface area contributed by atoms with Crippen LogP contribution in [0.4, 0.5) is 11.4 Å². The Hall–Kier alpha value is -3.20. The highest BCUT2D eigenvalue weighted by Crippen LogP contribution is 2.30. The van der Waals surface area contributed by atoms with Crippen LogP contribution >= 0.6 is 11.8 Å². The van der Waals surface area contributed by atoms with E-state index in [1.54, 1.807) is 25.3 Å². The summed E-state index contributed by atoms with van der Waals surface area (Å²) in [7, 11) is 3.06. The minimum absolute atomic E-state index is 0.00996. The molecule has 3 rings (SSSR count). The smallest absolute Gasteiger partial charge is 0.240 e. The number of thioether (sulfide) groups is 1. The molecule has 1 aliphatic heterocycles. The van der Waals surface area contributed by atoms with Crippen LogP contribution in [0.2, 0.25) is 0 Å². The second kappa shape index (κ2) is 9.14. The maximum Gasteiger partial charge on any atom is 0.240 e. The summed E-state index contributed by atoms with van der Waals surface area (Å²) in [6, 6.07) is 14.5. The molecule has 9 heteroatoms. The van der Waals surface area contributed by atoms with Gasteiger partial charge in [0.25, 0.3) is 0 Å². The molecule has 3 N–H and O–H groups in total. The SMILES string of the molecule is COc1ccc(NC(=O)C[C@@H]2SC(=NNc3ccccc3)NC2=O)c(OC)c1. The van der Waals surface area contributed by atoms with Gasteiger partial charge in [0.1, 0.15) is 16.7 Å². The Bertz CT molecular complexity index is 889. The van der Waals surface area contributed by atoms with E-state index in [1.807, 2.05) is 30.3 Å². The third-order valence-electron chi connectivity index (χ3n) is 3.89. The number of hydrogen-bond donors (Lipinski definition) is 3. The zero-order valence-electron chi connectivity index (χ0n) is 15.4. The number of rotatable bonds is 7. The molecule has 1 fully saturated rings. The molecule has 1 heterocycles. The van der Waals surface area contributed by atoms with Gasteiger partial charge in [0.15, 0.2) is 5.17 Å². The summed E-state index contributed by atoms with van der Waals surface area (Å²) in [6.07, 6.45) is 0.00996. The van der Waals surface area contributed by atoms with Crippen molar-refractivity contribution in [3.8, 4) is 11.5 Å². The average Bonchev–Trinajstić information content (AvgIpc) is 3.06. The lowest BCUT2D eigenvalue weighted by atomic mass is 10.2. The van der Waals surface area contributed by atoms with Crippen molar-refractivity contribution in [2.75, 3.05) is 25.0 Å². The number of hydrazone groups is 1. The molecular formula is C19H20N4O4S. The van der Waals surface area contributed by atoms with Crippen molar-refractivity contribution in [3.05, 3.63) is 48.5 Å². The zero-order valence-corrected chi connectivity index (χ0v) is 16.2. The lowest BCUT2D eigenvalue weighted by Crippen LogP contribution is -2.28. The predicted octanol–water partition coefficient (Wildman–Crippen LogP) is 2.65. The van der Waals surface area contributed by atoms with Gasteiger partial charge in [-0.25, -0.2) is 0 Å². The first kappa shape index (κ1) is 19.6. The van der Waals surface area contributed by atoms with E-state index in [9.17, 15) is 9.59 Å². The van der Waals surface area contributed by atoms with Crippen molar-refractivity contribution in [3.63, 3.8) is 0 Å². The van der Waals surface area contributed by atoms with Gasteiger partial charge >= 0.3 is 0 Å². The summed E-state index contributed by atoms with van der Waals surface area (Å²) >= 11 is 1.21. The molecule has 0 unspecified atom stereocenters. The number of amidine groups is 1. The van der Waals surface area contributed by atoms with Gasteiger partial charge in [0, 0.05) is 12.5 Å². The minimum atomic E-state index is -0.555. The first-order valence-electron chi connectivity index (χ1n) is 8.47. The van der Waals surface area contributed by atoms with Crippen LogP contribution in [0.1, 0.15) is 6.42 Å². The fourth-order valence-corrected chi connectivity index (χ4v) is 3.42. The van der Waals surface area contributed by atoms with Crippen LogP contribution in [0, 0.1) is 0 Å². The number of methoxy groups -OCH3 is 2. The number of hydrogen-bond acceptors (Lipinski definition) is 7. The number of amides is 2. The first-order valence-corrected chi connectivity index (χ1v) is 9.35. The van der Waals surface area contributed by atoms with Gasteiger partial charge in [-0.05, 0) is 24.3 Å². The third kappa shape index (κ3) is 4.95. The normalized spacial score (nSPS) is 17.1. The van der Waals surface area contributed by atoms with Gasteiger partial charge in [0.2, 0.25) is 11.8 Å². The molecule has 1 aliphatic rings.